The number of Topliss-reactive ketones (excluding diaryl/α,β-unsaturated/α-hetero) is 1. The third-order valence-corrected chi connectivity index (χ3v) is 4.92. The van der Waals surface area contributed by atoms with Crippen molar-refractivity contribution < 1.29 is 9.59 Å². The van der Waals surface area contributed by atoms with Crippen molar-refractivity contribution in [3.05, 3.63) is 48.6 Å². The van der Waals surface area contributed by atoms with E-state index >= 15 is 0 Å². The van der Waals surface area contributed by atoms with Crippen LogP contribution in [-0.2, 0) is 16.1 Å². The van der Waals surface area contributed by atoms with Gasteiger partial charge in [0.15, 0.2) is 0 Å². The number of nitrogens with zero attached hydrogens (tertiary/aromatic N) is 1. The molecule has 1 amide bonds. The maximum Gasteiger partial charge on any atom is 0.224 e. The first-order valence-electron chi connectivity index (χ1n) is 7.63. The second-order valence-electron chi connectivity index (χ2n) is 6.25. The number of piperidine rings is 1. The Morgan fingerprint density at radius 2 is 2.05 bits per heavy atom. The van der Waals surface area contributed by atoms with E-state index in [0.717, 1.165) is 24.8 Å². The molecule has 1 aromatic carbocycles. The standard InChI is InChI=1S/C18H21NO2/c1-2-9-18-10-8-16(20)15(12-18)11-17(21)19(18)13-14-6-4-3-5-7-14/h2-7,15H,1,8-13H2/t15-,18-/m1/s1. The summed E-state index contributed by atoms with van der Waals surface area (Å²) in [4.78, 5) is 26.5. The van der Waals surface area contributed by atoms with Gasteiger partial charge in [0, 0.05) is 30.8 Å². The van der Waals surface area contributed by atoms with E-state index in [9.17, 15) is 9.59 Å². The number of carbonyl (C=O) groups is 2. The Morgan fingerprint density at radius 3 is 2.76 bits per heavy atom. The van der Waals surface area contributed by atoms with Crippen molar-refractivity contribution in [1.29, 1.82) is 0 Å². The lowest BCUT2D eigenvalue weighted by molar-refractivity contribution is -0.155. The van der Waals surface area contributed by atoms with Crippen LogP contribution < -0.4 is 0 Å². The molecule has 1 aromatic rings. The SMILES string of the molecule is C=CC[C@]12CCC(=O)[C@H](CC(=O)N1Cc1ccccc1)C2. The number of likely N-dealkylation sites (tertiary alicyclic amines) is 1. The number of ketones is 1. The van der Waals surface area contributed by atoms with Gasteiger partial charge in [-0.05, 0) is 24.8 Å². The third-order valence-electron chi connectivity index (χ3n) is 4.92. The molecule has 2 atom stereocenters. The lowest BCUT2D eigenvalue weighted by Gasteiger charge is -2.52. The van der Waals surface area contributed by atoms with Crippen molar-refractivity contribution in [1.82, 2.24) is 4.90 Å². The van der Waals surface area contributed by atoms with Gasteiger partial charge in [-0.25, -0.2) is 0 Å². The Morgan fingerprint density at radius 1 is 1.29 bits per heavy atom. The van der Waals surface area contributed by atoms with Crippen LogP contribution in [0.4, 0.5) is 0 Å². The highest BCUT2D eigenvalue weighted by molar-refractivity contribution is 5.90. The first-order chi connectivity index (χ1) is 10.1. The Kier molecular flexibility index (Phi) is 3.66. The molecule has 0 radical (unpaired) electrons. The first kappa shape index (κ1) is 14.1. The molecule has 1 heterocycles. The van der Waals surface area contributed by atoms with Crippen LogP contribution >= 0.6 is 0 Å². The molecular weight excluding hydrogens is 262 g/mol. The number of fused-ring (bicyclic) bond motifs is 2. The summed E-state index contributed by atoms with van der Waals surface area (Å²) in [6.45, 7) is 4.49. The number of rotatable bonds is 4. The van der Waals surface area contributed by atoms with Gasteiger partial charge in [0.05, 0.1) is 0 Å². The van der Waals surface area contributed by atoms with Crippen molar-refractivity contribution in [2.75, 3.05) is 0 Å². The zero-order valence-corrected chi connectivity index (χ0v) is 12.3. The van der Waals surface area contributed by atoms with E-state index in [0.29, 0.717) is 19.4 Å². The summed E-state index contributed by atoms with van der Waals surface area (Å²) in [7, 11) is 0. The predicted octanol–water partition coefficient (Wildman–Crippen LogP) is 3.10. The molecule has 3 rings (SSSR count). The lowest BCUT2D eigenvalue weighted by atomic mass is 9.68. The molecule has 1 aliphatic carbocycles. The fraction of sp³-hybridized carbons (Fsp3) is 0.444. The van der Waals surface area contributed by atoms with Gasteiger partial charge in [-0.2, -0.15) is 0 Å². The van der Waals surface area contributed by atoms with Crippen molar-refractivity contribution in [3.63, 3.8) is 0 Å². The summed E-state index contributed by atoms with van der Waals surface area (Å²) < 4.78 is 0. The molecule has 0 N–H and O–H groups in total. The van der Waals surface area contributed by atoms with E-state index in [-0.39, 0.29) is 23.1 Å². The molecule has 3 nitrogen and oxygen atoms in total. The van der Waals surface area contributed by atoms with E-state index in [1.807, 2.05) is 29.2 Å². The minimum absolute atomic E-state index is 0.0711. The molecule has 0 aromatic heterocycles. The van der Waals surface area contributed by atoms with E-state index in [2.05, 4.69) is 18.7 Å². The molecule has 0 spiro atoms. The van der Waals surface area contributed by atoms with E-state index in [1.54, 1.807) is 0 Å². The van der Waals surface area contributed by atoms with Crippen molar-refractivity contribution >= 4 is 11.7 Å². The van der Waals surface area contributed by atoms with E-state index in [1.165, 1.54) is 0 Å². The van der Waals surface area contributed by atoms with Gasteiger partial charge in [0.2, 0.25) is 5.91 Å². The highest BCUT2D eigenvalue weighted by atomic mass is 16.2. The van der Waals surface area contributed by atoms with Gasteiger partial charge < -0.3 is 4.90 Å². The Bertz CT molecular complexity index is 566. The predicted molar refractivity (Wildman–Crippen MR) is 81.5 cm³/mol. The van der Waals surface area contributed by atoms with Gasteiger partial charge in [0.1, 0.15) is 5.78 Å². The van der Waals surface area contributed by atoms with E-state index < -0.39 is 0 Å². The quantitative estimate of drug-likeness (QED) is 0.796. The van der Waals surface area contributed by atoms with Crippen molar-refractivity contribution in [2.24, 2.45) is 5.92 Å². The Balaban J connectivity index is 1.91. The number of carbonyl (C=O) groups excluding carboxylic acids is 2. The molecule has 2 bridgehead atoms. The highest BCUT2D eigenvalue weighted by Gasteiger charge is 2.49. The molecule has 1 aliphatic heterocycles. The summed E-state index contributed by atoms with van der Waals surface area (Å²) in [5, 5.41) is 0. The van der Waals surface area contributed by atoms with Gasteiger partial charge >= 0.3 is 0 Å². The smallest absolute Gasteiger partial charge is 0.224 e. The molecule has 2 fully saturated rings. The number of amides is 1. The van der Waals surface area contributed by atoms with Crippen LogP contribution in [0.15, 0.2) is 43.0 Å². The normalized spacial score (nSPS) is 28.6. The molecule has 2 aliphatic rings. The molecule has 21 heavy (non-hydrogen) atoms. The largest absolute Gasteiger partial charge is 0.332 e. The molecule has 0 unspecified atom stereocenters. The number of hydrogen-bond donors (Lipinski definition) is 0. The highest BCUT2D eigenvalue weighted by Crippen LogP contribution is 2.44. The number of hydrogen-bond acceptors (Lipinski definition) is 2. The lowest BCUT2D eigenvalue weighted by Crippen LogP contribution is -2.59. The average molecular weight is 283 g/mol. The second-order valence-corrected chi connectivity index (χ2v) is 6.25. The molecule has 1 saturated heterocycles. The van der Waals surface area contributed by atoms with Gasteiger partial charge in [-0.1, -0.05) is 36.4 Å². The number of benzene rings is 1. The van der Waals surface area contributed by atoms with Crippen molar-refractivity contribution in [2.45, 2.75) is 44.2 Å². The fourth-order valence-electron chi connectivity index (χ4n) is 3.84. The monoisotopic (exact) mass is 283 g/mol. The summed E-state index contributed by atoms with van der Waals surface area (Å²) in [6, 6.07) is 10.1. The third kappa shape index (κ3) is 2.53. The van der Waals surface area contributed by atoms with Gasteiger partial charge in [-0.3, -0.25) is 9.59 Å². The average Bonchev–Trinajstić information content (AvgIpc) is 2.49. The summed E-state index contributed by atoms with van der Waals surface area (Å²) in [5.41, 5.74) is 0.940. The van der Waals surface area contributed by atoms with Crippen LogP contribution in [0.2, 0.25) is 0 Å². The summed E-state index contributed by atoms with van der Waals surface area (Å²) >= 11 is 0. The molecular formula is C18H21NO2. The van der Waals surface area contributed by atoms with Crippen LogP contribution in [0.5, 0.6) is 0 Å². The molecule has 1 saturated carbocycles. The maximum absolute atomic E-state index is 12.6. The molecule has 110 valence electrons. The van der Waals surface area contributed by atoms with Crippen LogP contribution in [0.3, 0.4) is 0 Å². The topological polar surface area (TPSA) is 37.4 Å². The van der Waals surface area contributed by atoms with Crippen LogP contribution in [0, 0.1) is 5.92 Å². The van der Waals surface area contributed by atoms with Crippen LogP contribution in [-0.4, -0.2) is 22.1 Å². The first-order valence-corrected chi connectivity index (χ1v) is 7.63. The Hall–Kier alpha value is -1.90. The van der Waals surface area contributed by atoms with E-state index in [4.69, 9.17) is 0 Å². The zero-order chi connectivity index (χ0) is 14.9. The zero-order valence-electron chi connectivity index (χ0n) is 12.3. The fourth-order valence-corrected chi connectivity index (χ4v) is 3.84. The minimum Gasteiger partial charge on any atom is -0.332 e. The maximum atomic E-state index is 12.6. The second kappa shape index (κ2) is 5.47. The summed E-state index contributed by atoms with van der Waals surface area (Å²) in [5.74, 6) is 0.311. The van der Waals surface area contributed by atoms with Crippen LogP contribution in [0.25, 0.3) is 0 Å². The van der Waals surface area contributed by atoms with Gasteiger partial charge in [0.25, 0.3) is 0 Å². The Labute approximate surface area is 125 Å². The summed E-state index contributed by atoms with van der Waals surface area (Å²) in [6.07, 6.45) is 5.21. The van der Waals surface area contributed by atoms with Crippen LogP contribution in [0.1, 0.15) is 37.7 Å². The van der Waals surface area contributed by atoms with Gasteiger partial charge in [-0.15, -0.1) is 6.58 Å². The molecule has 3 heteroatoms. The minimum atomic E-state index is -0.203. The van der Waals surface area contributed by atoms with Crippen molar-refractivity contribution in [3.8, 4) is 0 Å².